The first-order valence-corrected chi connectivity index (χ1v) is 10.9. The Bertz CT molecular complexity index is 1110. The van der Waals surface area contributed by atoms with Crippen LogP contribution in [-0.2, 0) is 13.2 Å². The summed E-state index contributed by atoms with van der Waals surface area (Å²) in [6, 6.07) is 8.21. The summed E-state index contributed by atoms with van der Waals surface area (Å²) in [5.41, 5.74) is 0.449. The normalized spacial score (nSPS) is 10.9. The zero-order valence-corrected chi connectivity index (χ0v) is 19.5. The molecule has 0 unspecified atom stereocenters. The van der Waals surface area contributed by atoms with Gasteiger partial charge in [-0.1, -0.05) is 43.1 Å². The van der Waals surface area contributed by atoms with Crippen molar-refractivity contribution in [2.45, 2.75) is 33.9 Å². The van der Waals surface area contributed by atoms with E-state index in [0.717, 1.165) is 0 Å². The van der Waals surface area contributed by atoms with Gasteiger partial charge < -0.3 is 19.8 Å². The number of ether oxygens (including phenoxy) is 1. The summed E-state index contributed by atoms with van der Waals surface area (Å²) in [7, 11) is 0. The Labute approximate surface area is 195 Å². The van der Waals surface area contributed by atoms with Gasteiger partial charge in [0.2, 0.25) is 0 Å². The standard InChI is InChI=1S/C22H24Cl2N4O4/c1-4-28-11-16(20(27-28)22(30)25-10-13(2)3)26-21(29)18-9-8-14(32-18)12-31-17-7-5-6-15(23)19(17)24/h5-9,11,13H,4,10,12H2,1-3H3,(H,25,30)(H,26,29). The lowest BCUT2D eigenvalue weighted by Crippen LogP contribution is -2.28. The van der Waals surface area contributed by atoms with Crippen molar-refractivity contribution in [2.24, 2.45) is 5.92 Å². The van der Waals surface area contributed by atoms with Crippen LogP contribution in [0.2, 0.25) is 10.0 Å². The van der Waals surface area contributed by atoms with Crippen molar-refractivity contribution in [3.05, 3.63) is 63.8 Å². The third-order valence-corrected chi connectivity index (χ3v) is 5.19. The van der Waals surface area contributed by atoms with Crippen LogP contribution in [0, 0.1) is 5.92 Å². The first-order valence-electron chi connectivity index (χ1n) is 10.1. The maximum Gasteiger partial charge on any atom is 0.291 e. The zero-order valence-electron chi connectivity index (χ0n) is 17.9. The van der Waals surface area contributed by atoms with Gasteiger partial charge in [0.1, 0.15) is 23.1 Å². The van der Waals surface area contributed by atoms with Gasteiger partial charge in [0.25, 0.3) is 11.8 Å². The van der Waals surface area contributed by atoms with Crippen molar-refractivity contribution in [1.82, 2.24) is 15.1 Å². The molecule has 2 heterocycles. The third kappa shape index (κ3) is 5.83. The van der Waals surface area contributed by atoms with Crippen LogP contribution in [0.1, 0.15) is 47.6 Å². The number of rotatable bonds is 9. The lowest BCUT2D eigenvalue weighted by Gasteiger charge is -2.08. The summed E-state index contributed by atoms with van der Waals surface area (Å²) in [5, 5.41) is 10.4. The molecule has 10 heteroatoms. The van der Waals surface area contributed by atoms with Crippen molar-refractivity contribution >= 4 is 40.7 Å². The van der Waals surface area contributed by atoms with Crippen LogP contribution >= 0.6 is 23.2 Å². The number of hydrogen-bond acceptors (Lipinski definition) is 5. The number of aryl methyl sites for hydroxylation is 1. The average Bonchev–Trinajstić information content (AvgIpc) is 3.40. The molecule has 0 saturated heterocycles. The number of aromatic nitrogens is 2. The summed E-state index contributed by atoms with van der Waals surface area (Å²) >= 11 is 12.1. The van der Waals surface area contributed by atoms with Crippen LogP contribution < -0.4 is 15.4 Å². The molecular weight excluding hydrogens is 455 g/mol. The van der Waals surface area contributed by atoms with Gasteiger partial charge in [0.05, 0.1) is 10.7 Å². The average molecular weight is 479 g/mol. The molecule has 2 amide bonds. The number of amides is 2. The Kier molecular flexibility index (Phi) is 7.82. The molecule has 0 aliphatic carbocycles. The van der Waals surface area contributed by atoms with Crippen LogP contribution in [-0.4, -0.2) is 28.1 Å². The number of carbonyl (C=O) groups is 2. The van der Waals surface area contributed by atoms with Gasteiger partial charge in [0.15, 0.2) is 11.5 Å². The highest BCUT2D eigenvalue weighted by atomic mass is 35.5. The largest absolute Gasteiger partial charge is 0.484 e. The SMILES string of the molecule is CCn1cc(NC(=O)c2ccc(COc3cccc(Cl)c3Cl)o2)c(C(=O)NCC(C)C)n1. The molecule has 0 saturated carbocycles. The molecule has 2 aromatic heterocycles. The molecule has 0 radical (unpaired) electrons. The molecule has 0 atom stereocenters. The number of halogens is 2. The quantitative estimate of drug-likeness (QED) is 0.449. The number of furan rings is 1. The molecule has 0 fully saturated rings. The Hall–Kier alpha value is -2.97. The maximum atomic E-state index is 12.7. The molecule has 32 heavy (non-hydrogen) atoms. The predicted octanol–water partition coefficient (Wildman–Crippen LogP) is 5.02. The van der Waals surface area contributed by atoms with Crippen LogP contribution in [0.3, 0.4) is 0 Å². The number of nitrogens with zero attached hydrogens (tertiary/aromatic N) is 2. The molecule has 170 valence electrons. The van der Waals surface area contributed by atoms with Gasteiger partial charge in [-0.3, -0.25) is 14.3 Å². The van der Waals surface area contributed by atoms with Crippen molar-refractivity contribution in [3.63, 3.8) is 0 Å². The minimum absolute atomic E-state index is 0.0595. The molecule has 0 aliphatic heterocycles. The van der Waals surface area contributed by atoms with E-state index in [9.17, 15) is 9.59 Å². The highest BCUT2D eigenvalue weighted by Crippen LogP contribution is 2.32. The predicted molar refractivity (Wildman–Crippen MR) is 123 cm³/mol. The van der Waals surface area contributed by atoms with Crippen LogP contribution in [0.25, 0.3) is 0 Å². The van der Waals surface area contributed by atoms with E-state index in [1.807, 2.05) is 20.8 Å². The molecule has 0 bridgehead atoms. The minimum Gasteiger partial charge on any atom is -0.484 e. The fourth-order valence-electron chi connectivity index (χ4n) is 2.73. The zero-order chi connectivity index (χ0) is 23.3. The summed E-state index contributed by atoms with van der Waals surface area (Å²) < 4.78 is 12.8. The molecule has 3 aromatic rings. The van der Waals surface area contributed by atoms with Crippen molar-refractivity contribution in [2.75, 3.05) is 11.9 Å². The lowest BCUT2D eigenvalue weighted by atomic mass is 10.2. The van der Waals surface area contributed by atoms with Gasteiger partial charge >= 0.3 is 0 Å². The number of nitrogens with one attached hydrogen (secondary N) is 2. The van der Waals surface area contributed by atoms with Crippen LogP contribution in [0.15, 0.2) is 40.9 Å². The molecule has 3 rings (SSSR count). The molecule has 2 N–H and O–H groups in total. The molecule has 1 aromatic carbocycles. The van der Waals surface area contributed by atoms with E-state index < -0.39 is 5.91 Å². The van der Waals surface area contributed by atoms with E-state index in [0.29, 0.717) is 40.3 Å². The molecule has 8 nitrogen and oxygen atoms in total. The van der Waals surface area contributed by atoms with E-state index in [4.69, 9.17) is 32.4 Å². The lowest BCUT2D eigenvalue weighted by molar-refractivity contribution is 0.0944. The van der Waals surface area contributed by atoms with Crippen LogP contribution in [0.4, 0.5) is 5.69 Å². The van der Waals surface area contributed by atoms with E-state index in [-0.39, 0.29) is 29.9 Å². The van der Waals surface area contributed by atoms with E-state index in [2.05, 4.69) is 15.7 Å². The van der Waals surface area contributed by atoms with Gasteiger partial charge in [-0.2, -0.15) is 5.10 Å². The number of carbonyl (C=O) groups excluding carboxylic acids is 2. The van der Waals surface area contributed by atoms with Gasteiger partial charge in [-0.25, -0.2) is 0 Å². The van der Waals surface area contributed by atoms with Gasteiger partial charge in [0, 0.05) is 19.3 Å². The second-order valence-electron chi connectivity index (χ2n) is 7.41. The van der Waals surface area contributed by atoms with Crippen molar-refractivity contribution < 1.29 is 18.7 Å². The Balaban J connectivity index is 1.67. The second kappa shape index (κ2) is 10.6. The van der Waals surface area contributed by atoms with Gasteiger partial charge in [-0.15, -0.1) is 0 Å². The minimum atomic E-state index is -0.509. The van der Waals surface area contributed by atoms with E-state index in [1.165, 1.54) is 6.07 Å². The molecule has 0 spiro atoms. The summed E-state index contributed by atoms with van der Waals surface area (Å²) in [6.07, 6.45) is 1.61. The first-order chi connectivity index (χ1) is 15.3. The van der Waals surface area contributed by atoms with E-state index >= 15 is 0 Å². The highest BCUT2D eigenvalue weighted by molar-refractivity contribution is 6.42. The van der Waals surface area contributed by atoms with Crippen molar-refractivity contribution in [3.8, 4) is 5.75 Å². The summed E-state index contributed by atoms with van der Waals surface area (Å²) in [4.78, 5) is 25.2. The summed E-state index contributed by atoms with van der Waals surface area (Å²) in [5.74, 6) is 0.323. The number of hydrogen-bond donors (Lipinski definition) is 2. The smallest absolute Gasteiger partial charge is 0.291 e. The molecular formula is C22H24Cl2N4O4. The second-order valence-corrected chi connectivity index (χ2v) is 8.20. The van der Waals surface area contributed by atoms with Crippen LogP contribution in [0.5, 0.6) is 5.75 Å². The Morgan fingerprint density at radius 2 is 1.97 bits per heavy atom. The monoisotopic (exact) mass is 478 g/mol. The topological polar surface area (TPSA) is 98.4 Å². The van der Waals surface area contributed by atoms with E-state index in [1.54, 1.807) is 35.1 Å². The summed E-state index contributed by atoms with van der Waals surface area (Å²) in [6.45, 7) is 6.99. The maximum absolute atomic E-state index is 12.7. The number of benzene rings is 1. The number of anilines is 1. The van der Waals surface area contributed by atoms with Crippen molar-refractivity contribution in [1.29, 1.82) is 0 Å². The fraction of sp³-hybridized carbons (Fsp3) is 0.318. The third-order valence-electron chi connectivity index (χ3n) is 4.39. The first kappa shape index (κ1) is 23.7. The highest BCUT2D eigenvalue weighted by Gasteiger charge is 2.21. The molecule has 0 aliphatic rings. The van der Waals surface area contributed by atoms with Gasteiger partial charge in [-0.05, 0) is 37.1 Å². The Morgan fingerprint density at radius 1 is 1.19 bits per heavy atom. The Morgan fingerprint density at radius 3 is 2.69 bits per heavy atom. The fourth-order valence-corrected chi connectivity index (χ4v) is 3.08.